The molecule has 10 heteroatoms. The van der Waals surface area contributed by atoms with Gasteiger partial charge in [0.05, 0.1) is 12.8 Å². The lowest BCUT2D eigenvalue weighted by Crippen LogP contribution is -2.26. The number of benzene rings is 2. The van der Waals surface area contributed by atoms with Gasteiger partial charge in [-0.25, -0.2) is 10.2 Å². The molecule has 46 heavy (non-hydrogen) atoms. The summed E-state index contributed by atoms with van der Waals surface area (Å²) in [6.45, 7) is 12.0. The van der Waals surface area contributed by atoms with E-state index in [1.165, 1.54) is 0 Å². The van der Waals surface area contributed by atoms with Crippen LogP contribution in [0, 0.1) is 27.7 Å². The van der Waals surface area contributed by atoms with E-state index < -0.39 is 18.0 Å². The average molecular weight is 623 g/mol. The molecule has 5 aromatic rings. The second-order valence-electron chi connectivity index (χ2n) is 10.9. The Bertz CT molecular complexity index is 1820. The maximum absolute atomic E-state index is 12.7. The minimum Gasteiger partial charge on any atom is -0.486 e. The van der Waals surface area contributed by atoms with E-state index >= 15 is 0 Å². The van der Waals surface area contributed by atoms with E-state index in [0.29, 0.717) is 23.9 Å². The van der Waals surface area contributed by atoms with Gasteiger partial charge in [-0.15, -0.1) is 0 Å². The van der Waals surface area contributed by atoms with E-state index in [0.717, 1.165) is 39.7 Å². The molecule has 3 aromatic heterocycles. The van der Waals surface area contributed by atoms with Crippen molar-refractivity contribution in [2.75, 3.05) is 6.61 Å². The first-order chi connectivity index (χ1) is 22.1. The first-order valence-corrected chi connectivity index (χ1v) is 15.1. The number of aryl methyl sites for hydroxylation is 3. The molecule has 1 amide bonds. The van der Waals surface area contributed by atoms with Crippen molar-refractivity contribution in [1.82, 2.24) is 14.6 Å². The van der Waals surface area contributed by atoms with Gasteiger partial charge in [0.1, 0.15) is 23.9 Å². The van der Waals surface area contributed by atoms with E-state index in [1.807, 2.05) is 68.4 Å². The Labute approximate surface area is 268 Å². The van der Waals surface area contributed by atoms with Crippen LogP contribution in [0.3, 0.4) is 0 Å². The average Bonchev–Trinajstić information content (AvgIpc) is 3.73. The third kappa shape index (κ3) is 7.23. The van der Waals surface area contributed by atoms with E-state index in [9.17, 15) is 9.59 Å². The topological polar surface area (TPSA) is 109 Å². The van der Waals surface area contributed by atoms with Gasteiger partial charge in [-0.05, 0) is 120 Å². The molecule has 1 atom stereocenters. The summed E-state index contributed by atoms with van der Waals surface area (Å²) in [6.07, 6.45) is 0.899. The lowest BCUT2D eigenvalue weighted by molar-refractivity contribution is -0.150. The van der Waals surface area contributed by atoms with Gasteiger partial charge in [-0.1, -0.05) is 0 Å². The van der Waals surface area contributed by atoms with Gasteiger partial charge in [0, 0.05) is 39.7 Å². The van der Waals surface area contributed by atoms with Crippen LogP contribution in [0.5, 0.6) is 11.5 Å². The van der Waals surface area contributed by atoms with Crippen molar-refractivity contribution in [2.24, 2.45) is 5.10 Å². The predicted octanol–water partition coefficient (Wildman–Crippen LogP) is 6.77. The molecule has 0 saturated heterocycles. The molecule has 0 bridgehead atoms. The molecule has 0 saturated carbocycles. The molecule has 0 aliphatic heterocycles. The minimum atomic E-state index is -0.701. The molecular formula is C36H38N4O6. The van der Waals surface area contributed by atoms with Crippen LogP contribution in [0.25, 0.3) is 11.4 Å². The monoisotopic (exact) mass is 622 g/mol. The highest BCUT2D eigenvalue weighted by Crippen LogP contribution is 2.24. The van der Waals surface area contributed by atoms with Crippen LogP contribution in [0.1, 0.15) is 58.5 Å². The molecule has 3 heterocycles. The van der Waals surface area contributed by atoms with Gasteiger partial charge in [-0.3, -0.25) is 4.79 Å². The molecule has 0 fully saturated rings. The number of ether oxygens (including phenoxy) is 3. The molecule has 5 rings (SSSR count). The van der Waals surface area contributed by atoms with E-state index in [4.69, 9.17) is 18.6 Å². The second-order valence-corrected chi connectivity index (χ2v) is 10.9. The van der Waals surface area contributed by atoms with Crippen LogP contribution >= 0.6 is 0 Å². The molecule has 10 nitrogen and oxygen atoms in total. The van der Waals surface area contributed by atoms with E-state index in [2.05, 4.69) is 45.6 Å². The van der Waals surface area contributed by atoms with E-state index in [1.54, 1.807) is 32.2 Å². The van der Waals surface area contributed by atoms with Crippen LogP contribution in [0.4, 0.5) is 0 Å². The molecule has 2 aromatic carbocycles. The maximum atomic E-state index is 12.7. The summed E-state index contributed by atoms with van der Waals surface area (Å²) in [7, 11) is 0. The van der Waals surface area contributed by atoms with Crippen molar-refractivity contribution in [3.63, 3.8) is 0 Å². The third-order valence-corrected chi connectivity index (χ3v) is 7.50. The van der Waals surface area contributed by atoms with E-state index in [-0.39, 0.29) is 12.4 Å². The van der Waals surface area contributed by atoms with Crippen molar-refractivity contribution < 1.29 is 28.2 Å². The van der Waals surface area contributed by atoms with Crippen molar-refractivity contribution in [3.05, 3.63) is 119 Å². The molecule has 0 radical (unpaired) electrons. The SMILES string of the molecule is CCOC(=O)[C@H](C)Oc1ccc(-n2c(C)cc(/C=N/NC(=O)c3ccc(COc4ccc(-n5c(C)ccc5C)cc4)o3)c2C)cc1. The fourth-order valence-corrected chi connectivity index (χ4v) is 5.22. The van der Waals surface area contributed by atoms with Gasteiger partial charge in [0.15, 0.2) is 11.9 Å². The Kier molecular flexibility index (Phi) is 9.76. The Morgan fingerprint density at radius 2 is 1.48 bits per heavy atom. The molecule has 0 aliphatic rings. The highest BCUT2D eigenvalue weighted by Gasteiger charge is 2.16. The van der Waals surface area contributed by atoms with Crippen molar-refractivity contribution in [2.45, 2.75) is 54.3 Å². The fourth-order valence-electron chi connectivity index (χ4n) is 5.22. The number of amides is 1. The number of rotatable bonds is 12. The zero-order valence-corrected chi connectivity index (χ0v) is 26.9. The first-order valence-electron chi connectivity index (χ1n) is 15.1. The Hall–Kier alpha value is -5.51. The number of hydrogen-bond acceptors (Lipinski definition) is 7. The Morgan fingerprint density at radius 1 is 0.848 bits per heavy atom. The molecular weight excluding hydrogens is 584 g/mol. The molecule has 0 spiro atoms. The zero-order valence-electron chi connectivity index (χ0n) is 26.9. The largest absolute Gasteiger partial charge is 0.486 e. The summed E-state index contributed by atoms with van der Waals surface area (Å²) in [6, 6.07) is 24.7. The van der Waals surface area contributed by atoms with Crippen LogP contribution in [-0.4, -0.2) is 39.9 Å². The number of hydrogen-bond donors (Lipinski definition) is 1. The van der Waals surface area contributed by atoms with Crippen molar-refractivity contribution in [3.8, 4) is 22.9 Å². The van der Waals surface area contributed by atoms with Gasteiger partial charge in [0.2, 0.25) is 0 Å². The van der Waals surface area contributed by atoms with Crippen LogP contribution in [0.2, 0.25) is 0 Å². The number of furan rings is 1. The predicted molar refractivity (Wildman–Crippen MR) is 175 cm³/mol. The Balaban J connectivity index is 1.15. The molecule has 0 aliphatic carbocycles. The minimum absolute atomic E-state index is 0.134. The highest BCUT2D eigenvalue weighted by molar-refractivity contribution is 5.92. The fraction of sp³-hybridized carbons (Fsp3) is 0.250. The summed E-state index contributed by atoms with van der Waals surface area (Å²) in [5.41, 5.74) is 9.61. The zero-order chi connectivity index (χ0) is 32.8. The quantitative estimate of drug-likeness (QED) is 0.0935. The van der Waals surface area contributed by atoms with Crippen LogP contribution in [-0.2, 0) is 16.1 Å². The van der Waals surface area contributed by atoms with Crippen LogP contribution in [0.15, 0.2) is 88.4 Å². The third-order valence-electron chi connectivity index (χ3n) is 7.50. The maximum Gasteiger partial charge on any atom is 0.347 e. The van der Waals surface area contributed by atoms with Gasteiger partial charge in [0.25, 0.3) is 0 Å². The summed E-state index contributed by atoms with van der Waals surface area (Å²) in [4.78, 5) is 24.6. The highest BCUT2D eigenvalue weighted by atomic mass is 16.6. The lowest BCUT2D eigenvalue weighted by Gasteiger charge is -2.14. The normalized spacial score (nSPS) is 11.9. The summed E-state index contributed by atoms with van der Waals surface area (Å²) >= 11 is 0. The summed E-state index contributed by atoms with van der Waals surface area (Å²) in [5, 5.41) is 4.15. The lowest BCUT2D eigenvalue weighted by atomic mass is 10.2. The molecule has 238 valence electrons. The molecule has 1 N–H and O–H groups in total. The number of esters is 1. The van der Waals surface area contributed by atoms with Crippen molar-refractivity contribution in [1.29, 1.82) is 0 Å². The Morgan fingerprint density at radius 3 is 2.13 bits per heavy atom. The second kappa shape index (κ2) is 14.1. The van der Waals surface area contributed by atoms with Crippen molar-refractivity contribution >= 4 is 18.1 Å². The van der Waals surface area contributed by atoms with Gasteiger partial charge >= 0.3 is 11.9 Å². The van der Waals surface area contributed by atoms with Gasteiger partial charge < -0.3 is 27.8 Å². The number of carbonyl (C=O) groups is 2. The number of nitrogens with one attached hydrogen (secondary N) is 1. The number of aromatic nitrogens is 2. The van der Waals surface area contributed by atoms with Crippen LogP contribution < -0.4 is 14.9 Å². The number of hydrazone groups is 1. The number of carbonyl (C=O) groups excluding carboxylic acids is 2. The van der Waals surface area contributed by atoms with Gasteiger partial charge in [-0.2, -0.15) is 5.10 Å². The summed E-state index contributed by atoms with van der Waals surface area (Å²) in [5.74, 6) is 1.04. The first kappa shape index (κ1) is 31.9. The smallest absolute Gasteiger partial charge is 0.347 e. The number of nitrogens with zero attached hydrogens (tertiary/aromatic N) is 3. The molecule has 0 unspecified atom stereocenters. The summed E-state index contributed by atoms with van der Waals surface area (Å²) < 4.78 is 26.5. The standard InChI is InChI=1S/C36H38N4O6/c1-7-43-36(42)27(6)45-32-16-12-30(13-17-32)40-25(4)20-28(26(40)5)21-37-38-35(41)34-19-18-33(46-34)22-44-31-14-10-29(11-15-31)39-23(2)8-9-24(39)3/h8-21,27H,7,22H2,1-6H3,(H,38,41)/b37-21+/t27-/m0/s1.